The van der Waals surface area contributed by atoms with Crippen molar-refractivity contribution in [3.8, 4) is 0 Å². The molecule has 5 nitrogen and oxygen atoms in total. The van der Waals surface area contributed by atoms with E-state index in [1.807, 2.05) is 35.2 Å². The van der Waals surface area contributed by atoms with E-state index in [1.165, 1.54) is 6.07 Å². The van der Waals surface area contributed by atoms with Crippen LogP contribution in [0, 0.1) is 0 Å². The number of nitrogens with one attached hydrogen (secondary N) is 1. The van der Waals surface area contributed by atoms with Crippen molar-refractivity contribution >= 4 is 36.5 Å². The third-order valence-electron chi connectivity index (χ3n) is 4.68. The summed E-state index contributed by atoms with van der Waals surface area (Å²) >= 11 is 0. The number of pyridine rings is 1. The molecule has 1 aliphatic rings. The lowest BCUT2D eigenvalue weighted by Crippen LogP contribution is -2.47. The summed E-state index contributed by atoms with van der Waals surface area (Å²) in [6.07, 6.45) is -2.19. The van der Waals surface area contributed by atoms with Crippen LogP contribution in [0.5, 0.6) is 0 Å². The van der Waals surface area contributed by atoms with E-state index in [0.717, 1.165) is 17.8 Å². The van der Waals surface area contributed by atoms with Crippen molar-refractivity contribution in [2.75, 3.05) is 18.0 Å². The van der Waals surface area contributed by atoms with Crippen molar-refractivity contribution in [1.82, 2.24) is 10.3 Å². The third-order valence-corrected chi connectivity index (χ3v) is 4.68. The molecule has 1 aliphatic heterocycles. The predicted molar refractivity (Wildman–Crippen MR) is 110 cm³/mol. The molecule has 3 rings (SSSR count). The first-order valence-electron chi connectivity index (χ1n) is 8.73. The van der Waals surface area contributed by atoms with Gasteiger partial charge in [0.1, 0.15) is 11.9 Å². The average Bonchev–Trinajstić information content (AvgIpc) is 2.68. The monoisotopic (exact) mass is 450 g/mol. The summed E-state index contributed by atoms with van der Waals surface area (Å²) in [5.74, 6) is 0.279. The van der Waals surface area contributed by atoms with Gasteiger partial charge in [0, 0.05) is 25.3 Å². The molecule has 2 aromatic rings. The van der Waals surface area contributed by atoms with E-state index in [1.54, 1.807) is 0 Å². The number of carbonyl (C=O) groups excluding carboxylic acids is 1. The van der Waals surface area contributed by atoms with E-state index in [2.05, 4.69) is 10.3 Å². The van der Waals surface area contributed by atoms with Gasteiger partial charge in [-0.25, -0.2) is 4.98 Å². The first kappa shape index (κ1) is 25.0. The van der Waals surface area contributed by atoms with Crippen LogP contribution in [0.4, 0.5) is 19.0 Å². The molecule has 1 atom stereocenters. The van der Waals surface area contributed by atoms with Crippen LogP contribution in [0.15, 0.2) is 48.7 Å². The Bertz CT molecular complexity index is 767. The second-order valence-electron chi connectivity index (χ2n) is 6.56. The number of alkyl halides is 3. The maximum Gasteiger partial charge on any atom is 0.417 e. The van der Waals surface area contributed by atoms with Gasteiger partial charge in [0.15, 0.2) is 0 Å². The summed E-state index contributed by atoms with van der Waals surface area (Å²) in [6, 6.07) is 10.8. The maximum absolute atomic E-state index is 12.6. The predicted octanol–water partition coefficient (Wildman–Crippen LogP) is 3.73. The van der Waals surface area contributed by atoms with E-state index in [9.17, 15) is 18.0 Å². The fraction of sp³-hybridized carbons (Fsp3) is 0.368. The molecule has 0 bridgehead atoms. The SMILES string of the molecule is Cl.Cl.NC(C(=O)NC1CCN(c2ccc(C(F)(F)F)cn2)CC1)c1ccccc1. The summed E-state index contributed by atoms with van der Waals surface area (Å²) in [5.41, 5.74) is 5.99. The number of nitrogens with zero attached hydrogens (tertiary/aromatic N) is 2. The molecule has 160 valence electrons. The lowest BCUT2D eigenvalue weighted by molar-refractivity contribution is -0.137. The summed E-state index contributed by atoms with van der Waals surface area (Å²) in [4.78, 5) is 18.2. The molecule has 0 radical (unpaired) electrons. The van der Waals surface area contributed by atoms with Crippen LogP contribution >= 0.6 is 24.8 Å². The fourth-order valence-electron chi connectivity index (χ4n) is 3.10. The number of piperidine rings is 1. The van der Waals surface area contributed by atoms with E-state index in [4.69, 9.17) is 5.73 Å². The van der Waals surface area contributed by atoms with Gasteiger partial charge >= 0.3 is 6.18 Å². The van der Waals surface area contributed by atoms with Crippen molar-refractivity contribution in [3.05, 3.63) is 59.8 Å². The molecule has 0 aliphatic carbocycles. The number of halogens is 5. The van der Waals surface area contributed by atoms with Gasteiger partial charge in [-0.1, -0.05) is 30.3 Å². The minimum atomic E-state index is -4.39. The number of hydrogen-bond donors (Lipinski definition) is 2. The van der Waals surface area contributed by atoms with Gasteiger partial charge in [0.25, 0.3) is 0 Å². The van der Waals surface area contributed by atoms with E-state index < -0.39 is 17.8 Å². The average molecular weight is 451 g/mol. The molecular weight excluding hydrogens is 428 g/mol. The van der Waals surface area contributed by atoms with Crippen LogP contribution in [-0.4, -0.2) is 30.0 Å². The smallest absolute Gasteiger partial charge is 0.356 e. The second-order valence-corrected chi connectivity index (χ2v) is 6.56. The Hall–Kier alpha value is -2.03. The Morgan fingerprint density at radius 2 is 1.72 bits per heavy atom. The molecule has 3 N–H and O–H groups in total. The van der Waals surface area contributed by atoms with Gasteiger partial charge < -0.3 is 16.0 Å². The summed E-state index contributed by atoms with van der Waals surface area (Å²) in [5, 5.41) is 2.96. The number of rotatable bonds is 4. The van der Waals surface area contributed by atoms with Crippen molar-refractivity contribution in [3.63, 3.8) is 0 Å². The number of benzene rings is 1. The van der Waals surface area contributed by atoms with E-state index >= 15 is 0 Å². The molecule has 1 aromatic carbocycles. The molecule has 0 saturated carbocycles. The molecule has 1 amide bonds. The van der Waals surface area contributed by atoms with Crippen LogP contribution < -0.4 is 16.0 Å². The first-order chi connectivity index (χ1) is 12.8. The zero-order valence-electron chi connectivity index (χ0n) is 15.4. The molecule has 1 aromatic heterocycles. The van der Waals surface area contributed by atoms with Crippen molar-refractivity contribution in [2.24, 2.45) is 5.73 Å². The van der Waals surface area contributed by atoms with Gasteiger partial charge in [-0.3, -0.25) is 4.79 Å². The minimum Gasteiger partial charge on any atom is -0.356 e. The largest absolute Gasteiger partial charge is 0.417 e. The molecular formula is C19H23Cl2F3N4O. The number of nitrogens with two attached hydrogens (primary N) is 1. The fourth-order valence-corrected chi connectivity index (χ4v) is 3.10. The van der Waals surface area contributed by atoms with E-state index in [-0.39, 0.29) is 36.8 Å². The number of aromatic nitrogens is 1. The zero-order chi connectivity index (χ0) is 19.4. The van der Waals surface area contributed by atoms with Crippen molar-refractivity contribution < 1.29 is 18.0 Å². The number of carbonyl (C=O) groups is 1. The Morgan fingerprint density at radius 3 is 2.24 bits per heavy atom. The van der Waals surface area contributed by atoms with Gasteiger partial charge in [0.2, 0.25) is 5.91 Å². The Morgan fingerprint density at radius 1 is 1.10 bits per heavy atom. The second kappa shape index (κ2) is 10.7. The van der Waals surface area contributed by atoms with Crippen LogP contribution in [0.1, 0.15) is 30.0 Å². The van der Waals surface area contributed by atoms with Crippen LogP contribution in [0.25, 0.3) is 0 Å². The standard InChI is InChI=1S/C19H21F3N4O.2ClH/c20-19(21,22)14-6-7-16(24-12-14)26-10-8-15(9-11-26)25-18(27)17(23)13-4-2-1-3-5-13;;/h1-7,12,15,17H,8-11,23H2,(H,25,27);2*1H. The molecule has 0 spiro atoms. The quantitative estimate of drug-likeness (QED) is 0.744. The normalized spacial score (nSPS) is 15.7. The Balaban J connectivity index is 0.00000210. The minimum absolute atomic E-state index is 0. The Labute approximate surface area is 179 Å². The first-order valence-corrected chi connectivity index (χ1v) is 8.73. The van der Waals surface area contributed by atoms with Crippen LogP contribution in [0.3, 0.4) is 0 Å². The molecule has 1 fully saturated rings. The van der Waals surface area contributed by atoms with Crippen molar-refractivity contribution in [1.29, 1.82) is 0 Å². The van der Waals surface area contributed by atoms with Gasteiger partial charge in [0.05, 0.1) is 5.56 Å². The zero-order valence-corrected chi connectivity index (χ0v) is 17.1. The number of anilines is 1. The highest BCUT2D eigenvalue weighted by atomic mass is 35.5. The number of amides is 1. The van der Waals surface area contributed by atoms with Crippen molar-refractivity contribution in [2.45, 2.75) is 31.1 Å². The molecule has 1 unspecified atom stereocenters. The highest BCUT2D eigenvalue weighted by Gasteiger charge is 2.31. The summed E-state index contributed by atoms with van der Waals surface area (Å²) < 4.78 is 37.9. The van der Waals surface area contributed by atoms with E-state index in [0.29, 0.717) is 31.7 Å². The summed E-state index contributed by atoms with van der Waals surface area (Å²) in [7, 11) is 0. The lowest BCUT2D eigenvalue weighted by atomic mass is 10.0. The summed E-state index contributed by atoms with van der Waals surface area (Å²) in [6.45, 7) is 1.20. The van der Waals surface area contributed by atoms with Crippen LogP contribution in [0.2, 0.25) is 0 Å². The lowest BCUT2D eigenvalue weighted by Gasteiger charge is -2.33. The highest BCUT2D eigenvalue weighted by Crippen LogP contribution is 2.29. The molecule has 2 heterocycles. The number of hydrogen-bond acceptors (Lipinski definition) is 4. The van der Waals surface area contributed by atoms with Gasteiger partial charge in [-0.15, -0.1) is 24.8 Å². The molecule has 1 saturated heterocycles. The topological polar surface area (TPSA) is 71.2 Å². The van der Waals surface area contributed by atoms with Gasteiger partial charge in [-0.05, 0) is 30.5 Å². The maximum atomic E-state index is 12.6. The van der Waals surface area contributed by atoms with Crippen LogP contribution in [-0.2, 0) is 11.0 Å². The van der Waals surface area contributed by atoms with Gasteiger partial charge in [-0.2, -0.15) is 13.2 Å². The highest BCUT2D eigenvalue weighted by molar-refractivity contribution is 5.85. The molecule has 29 heavy (non-hydrogen) atoms. The molecule has 10 heteroatoms. The Kier molecular flexibility index (Phi) is 9.19. The third kappa shape index (κ3) is 6.48.